The average molecular weight is 368 g/mol. The van der Waals surface area contributed by atoms with E-state index in [2.05, 4.69) is 0 Å². The van der Waals surface area contributed by atoms with Crippen molar-refractivity contribution in [3.05, 3.63) is 67.4 Å². The zero-order chi connectivity index (χ0) is 15.8. The molecule has 0 heterocycles. The molecular formula is C15H11Cl4FO. The molecule has 0 radical (unpaired) electrons. The van der Waals surface area contributed by atoms with Gasteiger partial charge in [-0.25, -0.2) is 4.39 Å². The molecule has 1 atom stereocenters. The van der Waals surface area contributed by atoms with Gasteiger partial charge >= 0.3 is 0 Å². The molecule has 0 saturated heterocycles. The van der Waals surface area contributed by atoms with Crippen LogP contribution < -0.4 is 0 Å². The van der Waals surface area contributed by atoms with Crippen molar-refractivity contribution in [1.29, 1.82) is 0 Å². The third-order valence-corrected chi connectivity index (χ3v) is 4.34. The van der Waals surface area contributed by atoms with Crippen molar-refractivity contribution in [2.24, 2.45) is 0 Å². The topological polar surface area (TPSA) is 20.2 Å². The molecule has 0 saturated carbocycles. The van der Waals surface area contributed by atoms with Gasteiger partial charge in [0.15, 0.2) is 0 Å². The SMILES string of the molecule is CC(O)(Cc1cc(Cl)ccc1Cl)c1cc(F)c(Cl)cc1Cl. The normalized spacial score (nSPS) is 14.0. The second kappa shape index (κ2) is 6.31. The van der Waals surface area contributed by atoms with Crippen LogP contribution in [0.15, 0.2) is 30.3 Å². The number of hydrogen-bond acceptors (Lipinski definition) is 1. The molecule has 2 aromatic rings. The maximum absolute atomic E-state index is 13.6. The van der Waals surface area contributed by atoms with Gasteiger partial charge in [-0.15, -0.1) is 0 Å². The van der Waals surface area contributed by atoms with Crippen LogP contribution in [0.25, 0.3) is 0 Å². The highest BCUT2D eigenvalue weighted by atomic mass is 35.5. The van der Waals surface area contributed by atoms with Crippen LogP contribution in [0, 0.1) is 5.82 Å². The summed E-state index contributed by atoms with van der Waals surface area (Å²) in [7, 11) is 0. The number of halogens is 5. The minimum atomic E-state index is -1.42. The smallest absolute Gasteiger partial charge is 0.142 e. The number of benzene rings is 2. The molecule has 1 nitrogen and oxygen atoms in total. The second-order valence-corrected chi connectivity index (χ2v) is 6.59. The van der Waals surface area contributed by atoms with E-state index < -0.39 is 11.4 Å². The van der Waals surface area contributed by atoms with E-state index in [0.717, 1.165) is 6.07 Å². The maximum atomic E-state index is 13.6. The summed E-state index contributed by atoms with van der Waals surface area (Å²) in [5.41, 5.74) is -0.542. The molecule has 0 fully saturated rings. The fraction of sp³-hybridized carbons (Fsp3) is 0.200. The molecule has 0 amide bonds. The minimum absolute atomic E-state index is 0.0969. The number of rotatable bonds is 3. The van der Waals surface area contributed by atoms with E-state index in [1.165, 1.54) is 13.0 Å². The Morgan fingerprint density at radius 3 is 2.33 bits per heavy atom. The van der Waals surface area contributed by atoms with E-state index in [0.29, 0.717) is 15.6 Å². The lowest BCUT2D eigenvalue weighted by molar-refractivity contribution is 0.0574. The molecule has 0 aliphatic rings. The van der Waals surface area contributed by atoms with Crippen LogP contribution in [-0.2, 0) is 12.0 Å². The monoisotopic (exact) mass is 366 g/mol. The Bertz CT molecular complexity index is 686. The van der Waals surface area contributed by atoms with Crippen molar-refractivity contribution in [3.8, 4) is 0 Å². The zero-order valence-electron chi connectivity index (χ0n) is 10.9. The predicted molar refractivity (Wildman–Crippen MR) is 86.2 cm³/mol. The van der Waals surface area contributed by atoms with Gasteiger partial charge in [0, 0.05) is 27.1 Å². The quantitative estimate of drug-likeness (QED) is 0.670. The first-order valence-electron chi connectivity index (χ1n) is 6.02. The molecule has 1 unspecified atom stereocenters. The zero-order valence-corrected chi connectivity index (χ0v) is 14.0. The molecule has 0 aromatic heterocycles. The summed E-state index contributed by atoms with van der Waals surface area (Å²) in [6.07, 6.45) is 0.132. The van der Waals surface area contributed by atoms with Gasteiger partial charge < -0.3 is 5.11 Å². The van der Waals surface area contributed by atoms with Crippen LogP contribution >= 0.6 is 46.4 Å². The molecule has 0 aliphatic carbocycles. The van der Waals surface area contributed by atoms with Crippen LogP contribution in [0.4, 0.5) is 4.39 Å². The van der Waals surface area contributed by atoms with Gasteiger partial charge in [0.25, 0.3) is 0 Å². The Hall–Kier alpha value is -0.510. The van der Waals surface area contributed by atoms with Gasteiger partial charge in [0.1, 0.15) is 5.82 Å². The molecule has 112 valence electrons. The first-order valence-corrected chi connectivity index (χ1v) is 7.53. The van der Waals surface area contributed by atoms with Gasteiger partial charge in [-0.3, -0.25) is 0 Å². The Balaban J connectivity index is 2.42. The molecule has 0 spiro atoms. The summed E-state index contributed by atoms with van der Waals surface area (Å²) in [5, 5.41) is 11.7. The third-order valence-electron chi connectivity index (χ3n) is 3.13. The average Bonchev–Trinajstić information content (AvgIpc) is 2.37. The van der Waals surface area contributed by atoms with Gasteiger partial charge in [0.2, 0.25) is 0 Å². The Morgan fingerprint density at radius 2 is 1.67 bits per heavy atom. The Labute approximate surface area is 142 Å². The highest BCUT2D eigenvalue weighted by Crippen LogP contribution is 2.36. The van der Waals surface area contributed by atoms with Crippen LogP contribution in [0.1, 0.15) is 18.1 Å². The minimum Gasteiger partial charge on any atom is -0.385 e. The fourth-order valence-electron chi connectivity index (χ4n) is 2.08. The second-order valence-electron chi connectivity index (χ2n) is 4.93. The lowest BCUT2D eigenvalue weighted by Crippen LogP contribution is -2.25. The van der Waals surface area contributed by atoms with Crippen LogP contribution in [0.3, 0.4) is 0 Å². The summed E-state index contributed by atoms with van der Waals surface area (Å²) in [5.74, 6) is -0.645. The lowest BCUT2D eigenvalue weighted by Gasteiger charge is -2.26. The first-order chi connectivity index (χ1) is 9.70. The van der Waals surface area contributed by atoms with Gasteiger partial charge in [0.05, 0.1) is 10.6 Å². The van der Waals surface area contributed by atoms with Crippen LogP contribution in [0.2, 0.25) is 20.1 Å². The lowest BCUT2D eigenvalue weighted by atomic mass is 9.89. The van der Waals surface area contributed by atoms with E-state index >= 15 is 0 Å². The van der Waals surface area contributed by atoms with Crippen molar-refractivity contribution in [3.63, 3.8) is 0 Å². The summed E-state index contributed by atoms with van der Waals surface area (Å²) in [4.78, 5) is 0. The molecule has 0 bridgehead atoms. The predicted octanol–water partition coefficient (Wildman–Crippen LogP) is 5.89. The third kappa shape index (κ3) is 3.82. The standard InChI is InChI=1S/C15H11Cl4FO/c1-15(21,7-8-4-9(16)2-3-11(8)17)10-5-14(20)13(19)6-12(10)18/h2-6,21H,7H2,1H3. The number of hydrogen-bond donors (Lipinski definition) is 1. The highest BCUT2D eigenvalue weighted by molar-refractivity contribution is 6.35. The van der Waals surface area contributed by atoms with Gasteiger partial charge in [-0.1, -0.05) is 46.4 Å². The van der Waals surface area contributed by atoms with Gasteiger partial charge in [-0.2, -0.15) is 0 Å². The molecule has 0 aliphatic heterocycles. The van der Waals surface area contributed by atoms with Crippen molar-refractivity contribution >= 4 is 46.4 Å². The summed E-state index contributed by atoms with van der Waals surface area (Å²) >= 11 is 23.7. The summed E-state index contributed by atoms with van der Waals surface area (Å²) in [6, 6.07) is 7.33. The van der Waals surface area contributed by atoms with Gasteiger partial charge in [-0.05, 0) is 42.8 Å². The Kier molecular flexibility index (Phi) is 5.07. The highest BCUT2D eigenvalue weighted by Gasteiger charge is 2.28. The molecule has 2 aromatic carbocycles. The van der Waals surface area contributed by atoms with E-state index in [4.69, 9.17) is 46.4 Å². The van der Waals surface area contributed by atoms with Crippen molar-refractivity contribution in [2.45, 2.75) is 18.9 Å². The molecule has 6 heteroatoms. The van der Waals surface area contributed by atoms with Crippen molar-refractivity contribution in [2.75, 3.05) is 0 Å². The summed E-state index contributed by atoms with van der Waals surface area (Å²) in [6.45, 7) is 1.53. The number of aliphatic hydroxyl groups is 1. The van der Waals surface area contributed by atoms with E-state index in [-0.39, 0.29) is 22.0 Å². The van der Waals surface area contributed by atoms with E-state index in [9.17, 15) is 9.50 Å². The first kappa shape index (κ1) is 16.9. The summed E-state index contributed by atoms with van der Waals surface area (Å²) < 4.78 is 13.6. The molecule has 1 N–H and O–H groups in total. The molecule has 21 heavy (non-hydrogen) atoms. The van der Waals surface area contributed by atoms with Crippen LogP contribution in [0.5, 0.6) is 0 Å². The van der Waals surface area contributed by atoms with E-state index in [1.807, 2.05) is 0 Å². The van der Waals surface area contributed by atoms with E-state index in [1.54, 1.807) is 18.2 Å². The Morgan fingerprint density at radius 1 is 1.00 bits per heavy atom. The van der Waals surface area contributed by atoms with Crippen molar-refractivity contribution < 1.29 is 9.50 Å². The fourth-order valence-corrected chi connectivity index (χ4v) is 3.05. The van der Waals surface area contributed by atoms with Crippen LogP contribution in [-0.4, -0.2) is 5.11 Å². The largest absolute Gasteiger partial charge is 0.385 e. The molecular weight excluding hydrogens is 357 g/mol. The molecule has 2 rings (SSSR count). The maximum Gasteiger partial charge on any atom is 0.142 e. The van der Waals surface area contributed by atoms with Crippen molar-refractivity contribution in [1.82, 2.24) is 0 Å².